The molecule has 2 N–H and O–H groups in total. The fourth-order valence-electron chi connectivity index (χ4n) is 2.08. The molecule has 78 valence electrons. The van der Waals surface area contributed by atoms with Crippen molar-refractivity contribution >= 4 is 23.1 Å². The second-order valence-corrected chi connectivity index (χ2v) is 4.86. The van der Waals surface area contributed by atoms with Gasteiger partial charge in [-0.25, -0.2) is 0 Å². The highest BCUT2D eigenvalue weighted by Crippen LogP contribution is 2.34. The number of hydrogen-bond acceptors (Lipinski definition) is 4. The molecule has 2 aliphatic heterocycles. The minimum Gasteiger partial charge on any atom is -0.383 e. The van der Waals surface area contributed by atoms with Crippen LogP contribution in [0.1, 0.15) is 20.9 Å². The second-order valence-electron chi connectivity index (χ2n) is 3.67. The van der Waals surface area contributed by atoms with Crippen molar-refractivity contribution < 1.29 is 9.53 Å². The van der Waals surface area contributed by atoms with Crippen molar-refractivity contribution in [1.82, 2.24) is 0 Å². The third kappa shape index (κ3) is 1.31. The summed E-state index contributed by atoms with van der Waals surface area (Å²) < 4.78 is 5.38. The predicted octanol–water partition coefficient (Wildman–Crippen LogP) is 0.609. The SMILES string of the molecule is NC1=NC(=O)Cc2sc3c(c21)CCOC3. The molecule has 0 spiro atoms. The molecule has 0 saturated carbocycles. The number of fused-ring (bicyclic) bond motifs is 3. The Bertz CT molecular complexity index is 476. The van der Waals surface area contributed by atoms with E-state index in [1.165, 1.54) is 10.4 Å². The van der Waals surface area contributed by atoms with Crippen LogP contribution in [-0.2, 0) is 29.0 Å². The molecule has 0 radical (unpaired) electrons. The lowest BCUT2D eigenvalue weighted by Gasteiger charge is -2.14. The van der Waals surface area contributed by atoms with Crippen LogP contribution in [0.3, 0.4) is 0 Å². The molecular weight excluding hydrogens is 212 g/mol. The molecule has 3 heterocycles. The van der Waals surface area contributed by atoms with E-state index in [2.05, 4.69) is 4.99 Å². The molecule has 1 aromatic heterocycles. The Kier molecular flexibility index (Phi) is 1.90. The maximum absolute atomic E-state index is 11.3. The lowest BCUT2D eigenvalue weighted by molar-refractivity contribution is -0.117. The maximum atomic E-state index is 11.3. The van der Waals surface area contributed by atoms with Gasteiger partial charge in [0, 0.05) is 15.3 Å². The van der Waals surface area contributed by atoms with Gasteiger partial charge in [0.15, 0.2) is 0 Å². The maximum Gasteiger partial charge on any atom is 0.252 e. The van der Waals surface area contributed by atoms with Crippen molar-refractivity contribution in [3.63, 3.8) is 0 Å². The highest BCUT2D eigenvalue weighted by atomic mass is 32.1. The zero-order valence-electron chi connectivity index (χ0n) is 8.08. The number of hydrogen-bond donors (Lipinski definition) is 1. The summed E-state index contributed by atoms with van der Waals surface area (Å²) in [5.41, 5.74) is 8.06. The quantitative estimate of drug-likeness (QED) is 0.699. The van der Waals surface area contributed by atoms with Crippen LogP contribution in [0.25, 0.3) is 0 Å². The fraction of sp³-hybridized carbons (Fsp3) is 0.400. The Balaban J connectivity index is 2.19. The van der Waals surface area contributed by atoms with Gasteiger partial charge in [-0.1, -0.05) is 0 Å². The largest absolute Gasteiger partial charge is 0.383 e. The lowest BCUT2D eigenvalue weighted by Crippen LogP contribution is -2.24. The molecule has 1 aromatic rings. The summed E-state index contributed by atoms with van der Waals surface area (Å²) in [5.74, 6) is 0.250. The highest BCUT2D eigenvalue weighted by molar-refractivity contribution is 7.12. The van der Waals surface area contributed by atoms with Gasteiger partial charge in [0.1, 0.15) is 5.84 Å². The van der Waals surface area contributed by atoms with Crippen LogP contribution in [0, 0.1) is 0 Å². The highest BCUT2D eigenvalue weighted by Gasteiger charge is 2.27. The number of ether oxygens (including phenoxy) is 1. The molecule has 5 heteroatoms. The third-order valence-electron chi connectivity index (χ3n) is 2.71. The molecule has 0 aliphatic carbocycles. The molecule has 0 saturated heterocycles. The Morgan fingerprint density at radius 1 is 1.40 bits per heavy atom. The van der Waals surface area contributed by atoms with E-state index in [0.717, 1.165) is 23.5 Å². The molecule has 4 nitrogen and oxygen atoms in total. The van der Waals surface area contributed by atoms with E-state index in [4.69, 9.17) is 10.5 Å². The van der Waals surface area contributed by atoms with Gasteiger partial charge < -0.3 is 10.5 Å². The van der Waals surface area contributed by atoms with Gasteiger partial charge >= 0.3 is 0 Å². The number of nitrogens with zero attached hydrogens (tertiary/aromatic N) is 1. The Labute approximate surface area is 90.8 Å². The van der Waals surface area contributed by atoms with Crippen molar-refractivity contribution in [2.75, 3.05) is 6.61 Å². The number of aliphatic imine (C=N–C) groups is 1. The van der Waals surface area contributed by atoms with Crippen molar-refractivity contribution in [2.24, 2.45) is 10.7 Å². The number of carbonyl (C=O) groups is 1. The second kappa shape index (κ2) is 3.15. The Hall–Kier alpha value is -1.20. The first-order chi connectivity index (χ1) is 7.25. The van der Waals surface area contributed by atoms with Crippen molar-refractivity contribution in [3.8, 4) is 0 Å². The van der Waals surface area contributed by atoms with Gasteiger partial charge in [0.25, 0.3) is 5.91 Å². The van der Waals surface area contributed by atoms with Crippen LogP contribution in [-0.4, -0.2) is 18.3 Å². The summed E-state index contributed by atoms with van der Waals surface area (Å²) in [6, 6.07) is 0. The number of amides is 1. The number of thiophene rings is 1. The first-order valence-electron chi connectivity index (χ1n) is 4.84. The fourth-order valence-corrected chi connectivity index (χ4v) is 3.37. The number of carbonyl (C=O) groups excluding carboxylic acids is 1. The first kappa shape index (κ1) is 9.06. The molecule has 15 heavy (non-hydrogen) atoms. The molecule has 0 fully saturated rings. The Morgan fingerprint density at radius 3 is 3.13 bits per heavy atom. The van der Waals surface area contributed by atoms with E-state index in [-0.39, 0.29) is 5.91 Å². The average molecular weight is 222 g/mol. The van der Waals surface area contributed by atoms with Crippen LogP contribution in [0.2, 0.25) is 0 Å². The summed E-state index contributed by atoms with van der Waals surface area (Å²) in [6.07, 6.45) is 1.28. The summed E-state index contributed by atoms with van der Waals surface area (Å²) in [5, 5.41) is 0. The molecule has 3 rings (SSSR count). The normalized spacial score (nSPS) is 19.5. The smallest absolute Gasteiger partial charge is 0.252 e. The van der Waals surface area contributed by atoms with Gasteiger partial charge in [-0.2, -0.15) is 4.99 Å². The van der Waals surface area contributed by atoms with E-state index < -0.39 is 0 Å². The van der Waals surface area contributed by atoms with E-state index in [0.29, 0.717) is 18.9 Å². The van der Waals surface area contributed by atoms with E-state index in [1.54, 1.807) is 11.3 Å². The number of nitrogens with two attached hydrogens (primary N) is 1. The molecule has 0 unspecified atom stereocenters. The zero-order chi connectivity index (χ0) is 10.4. The zero-order valence-corrected chi connectivity index (χ0v) is 8.89. The van der Waals surface area contributed by atoms with Gasteiger partial charge in [-0.15, -0.1) is 11.3 Å². The molecule has 2 aliphatic rings. The minimum atomic E-state index is -0.139. The summed E-state index contributed by atoms with van der Waals surface area (Å²) in [4.78, 5) is 17.3. The van der Waals surface area contributed by atoms with Crippen molar-refractivity contribution in [3.05, 3.63) is 20.9 Å². The van der Waals surface area contributed by atoms with Gasteiger partial charge in [-0.3, -0.25) is 4.79 Å². The monoisotopic (exact) mass is 222 g/mol. The van der Waals surface area contributed by atoms with Crippen molar-refractivity contribution in [1.29, 1.82) is 0 Å². The van der Waals surface area contributed by atoms with Crippen molar-refractivity contribution in [2.45, 2.75) is 19.4 Å². The van der Waals surface area contributed by atoms with Crippen LogP contribution in [0.15, 0.2) is 4.99 Å². The van der Waals surface area contributed by atoms with E-state index in [1.807, 2.05) is 0 Å². The minimum absolute atomic E-state index is 0.139. The summed E-state index contributed by atoms with van der Waals surface area (Å²) >= 11 is 1.64. The van der Waals surface area contributed by atoms with Gasteiger partial charge in [-0.05, 0) is 12.0 Å². The summed E-state index contributed by atoms with van der Waals surface area (Å²) in [6.45, 7) is 1.38. The first-order valence-corrected chi connectivity index (χ1v) is 5.66. The number of amidine groups is 1. The van der Waals surface area contributed by atoms with E-state index >= 15 is 0 Å². The standard InChI is InChI=1S/C10H10N2O2S/c11-10-9-5-1-2-14-4-7(5)15-6(9)3-8(13)12-10/h1-4H2,(H2,11,12,13). The van der Waals surface area contributed by atoms with Crippen LogP contribution in [0.5, 0.6) is 0 Å². The van der Waals surface area contributed by atoms with Crippen LogP contribution >= 0.6 is 11.3 Å². The van der Waals surface area contributed by atoms with E-state index in [9.17, 15) is 4.79 Å². The summed E-state index contributed by atoms with van der Waals surface area (Å²) in [7, 11) is 0. The molecular formula is C10H10N2O2S. The number of rotatable bonds is 0. The molecule has 0 bridgehead atoms. The van der Waals surface area contributed by atoms with Gasteiger partial charge in [0.05, 0.1) is 19.6 Å². The molecule has 0 atom stereocenters. The third-order valence-corrected chi connectivity index (χ3v) is 3.91. The Morgan fingerprint density at radius 2 is 2.27 bits per heavy atom. The average Bonchev–Trinajstić information content (AvgIpc) is 2.54. The van der Waals surface area contributed by atoms with Crippen LogP contribution < -0.4 is 5.73 Å². The molecule has 1 amide bonds. The van der Waals surface area contributed by atoms with Crippen LogP contribution in [0.4, 0.5) is 0 Å². The lowest BCUT2D eigenvalue weighted by atomic mass is 10.0. The predicted molar refractivity (Wildman–Crippen MR) is 57.1 cm³/mol. The molecule has 0 aromatic carbocycles. The topological polar surface area (TPSA) is 64.7 Å². The van der Waals surface area contributed by atoms with Gasteiger partial charge in [0.2, 0.25) is 0 Å².